The van der Waals surface area contributed by atoms with Crippen molar-refractivity contribution in [3.8, 4) is 17.0 Å². The van der Waals surface area contributed by atoms with E-state index >= 15 is 0 Å². The highest BCUT2D eigenvalue weighted by molar-refractivity contribution is 6.11. The first-order valence-corrected chi connectivity index (χ1v) is 9.96. The molecule has 0 aliphatic carbocycles. The van der Waals surface area contributed by atoms with Gasteiger partial charge in [0, 0.05) is 11.1 Å². The summed E-state index contributed by atoms with van der Waals surface area (Å²) in [7, 11) is 1.57. The van der Waals surface area contributed by atoms with Crippen molar-refractivity contribution in [3.63, 3.8) is 0 Å². The molecule has 0 fully saturated rings. The van der Waals surface area contributed by atoms with Crippen molar-refractivity contribution in [2.45, 2.75) is 13.8 Å². The zero-order valence-corrected chi connectivity index (χ0v) is 17.6. The quantitative estimate of drug-likeness (QED) is 0.337. The highest BCUT2D eigenvalue weighted by Gasteiger charge is 2.22. The number of fused-ring (bicyclic) bond motifs is 1. The van der Waals surface area contributed by atoms with Crippen LogP contribution in [-0.2, 0) is 4.74 Å². The standard InChI is InChI=1S/C25H22N2O4/c1-4-31-25(29)20-13-23(24(28)17-8-10-19(30-3)11-9-17)27-15-26-21(14-22(20)27)18-7-5-6-16(2)12-18/h5-15H,4H2,1-3H3. The topological polar surface area (TPSA) is 69.9 Å². The number of carbonyl (C=O) groups is 2. The van der Waals surface area contributed by atoms with E-state index in [9.17, 15) is 9.59 Å². The molecule has 2 aromatic carbocycles. The van der Waals surface area contributed by atoms with E-state index in [2.05, 4.69) is 4.98 Å². The Morgan fingerprint density at radius 1 is 1.03 bits per heavy atom. The molecule has 0 N–H and O–H groups in total. The summed E-state index contributed by atoms with van der Waals surface area (Å²) in [6.45, 7) is 4.00. The Kier molecular flexibility index (Phi) is 5.54. The summed E-state index contributed by atoms with van der Waals surface area (Å²) in [5, 5.41) is 0. The fraction of sp³-hybridized carbons (Fsp3) is 0.160. The Morgan fingerprint density at radius 2 is 1.81 bits per heavy atom. The number of benzene rings is 2. The van der Waals surface area contributed by atoms with Crippen LogP contribution in [0.4, 0.5) is 0 Å². The Morgan fingerprint density at radius 3 is 2.48 bits per heavy atom. The number of aromatic nitrogens is 2. The van der Waals surface area contributed by atoms with E-state index in [-0.39, 0.29) is 12.4 Å². The van der Waals surface area contributed by atoms with Gasteiger partial charge in [0.05, 0.1) is 36.2 Å². The lowest BCUT2D eigenvalue weighted by molar-refractivity contribution is 0.0529. The number of ketones is 1. The number of aryl methyl sites for hydroxylation is 1. The summed E-state index contributed by atoms with van der Waals surface area (Å²) in [5.41, 5.74) is 4.47. The number of nitrogens with zero attached hydrogens (tertiary/aromatic N) is 2. The molecule has 0 atom stereocenters. The SMILES string of the molecule is CCOC(=O)c1cc(C(=O)c2ccc(OC)cc2)n2cnc(-c3cccc(C)c3)cc12. The summed E-state index contributed by atoms with van der Waals surface area (Å²) in [6.07, 6.45) is 1.58. The van der Waals surface area contributed by atoms with Crippen LogP contribution in [0.5, 0.6) is 5.75 Å². The summed E-state index contributed by atoms with van der Waals surface area (Å²) in [5.74, 6) is -0.0401. The summed E-state index contributed by atoms with van der Waals surface area (Å²) in [6, 6.07) is 18.2. The molecule has 0 amide bonds. The van der Waals surface area contributed by atoms with Crippen LogP contribution in [0, 0.1) is 6.92 Å². The van der Waals surface area contributed by atoms with Crippen LogP contribution >= 0.6 is 0 Å². The average molecular weight is 414 g/mol. The smallest absolute Gasteiger partial charge is 0.340 e. The second-order valence-corrected chi connectivity index (χ2v) is 7.12. The fourth-order valence-corrected chi connectivity index (χ4v) is 3.50. The number of hydrogen-bond donors (Lipinski definition) is 0. The molecule has 0 aliphatic rings. The van der Waals surface area contributed by atoms with E-state index in [1.165, 1.54) is 0 Å². The molecule has 4 aromatic rings. The van der Waals surface area contributed by atoms with E-state index in [0.717, 1.165) is 11.1 Å². The maximum atomic E-state index is 13.2. The van der Waals surface area contributed by atoms with Crippen LogP contribution in [0.3, 0.4) is 0 Å². The van der Waals surface area contributed by atoms with Crippen molar-refractivity contribution in [3.05, 3.63) is 89.4 Å². The van der Waals surface area contributed by atoms with Gasteiger partial charge in [-0.1, -0.05) is 23.8 Å². The molecule has 4 rings (SSSR count). The van der Waals surface area contributed by atoms with Crippen molar-refractivity contribution >= 4 is 17.3 Å². The van der Waals surface area contributed by atoms with Crippen LogP contribution in [0.2, 0.25) is 0 Å². The number of carbonyl (C=O) groups excluding carboxylic acids is 2. The van der Waals surface area contributed by atoms with Crippen molar-refractivity contribution in [2.24, 2.45) is 0 Å². The van der Waals surface area contributed by atoms with Gasteiger partial charge in [-0.25, -0.2) is 9.78 Å². The van der Waals surface area contributed by atoms with Gasteiger partial charge < -0.3 is 9.47 Å². The molecular weight excluding hydrogens is 392 g/mol. The van der Waals surface area contributed by atoms with Gasteiger partial charge in [-0.05, 0) is 56.3 Å². The first-order chi connectivity index (χ1) is 15.0. The predicted molar refractivity (Wildman–Crippen MR) is 118 cm³/mol. The summed E-state index contributed by atoms with van der Waals surface area (Å²) < 4.78 is 12.0. The van der Waals surface area contributed by atoms with E-state index in [1.54, 1.807) is 55.1 Å². The molecule has 0 bridgehead atoms. The van der Waals surface area contributed by atoms with Gasteiger partial charge in [-0.3, -0.25) is 9.20 Å². The maximum Gasteiger partial charge on any atom is 0.340 e. The van der Waals surface area contributed by atoms with Crippen LogP contribution in [0.1, 0.15) is 38.9 Å². The lowest BCUT2D eigenvalue weighted by Crippen LogP contribution is -2.05. The minimum Gasteiger partial charge on any atom is -0.497 e. The molecule has 0 saturated carbocycles. The molecule has 2 heterocycles. The minimum atomic E-state index is -0.477. The van der Waals surface area contributed by atoms with E-state index in [0.29, 0.717) is 33.8 Å². The first kappa shape index (κ1) is 20.3. The number of methoxy groups -OCH3 is 1. The summed E-state index contributed by atoms with van der Waals surface area (Å²) >= 11 is 0. The van der Waals surface area contributed by atoms with Crippen molar-refractivity contribution in [1.82, 2.24) is 9.38 Å². The Bertz CT molecular complexity index is 1270. The third-order valence-electron chi connectivity index (χ3n) is 5.06. The molecule has 0 spiro atoms. The Labute approximate surface area is 180 Å². The van der Waals surface area contributed by atoms with E-state index < -0.39 is 5.97 Å². The van der Waals surface area contributed by atoms with Crippen LogP contribution < -0.4 is 4.74 Å². The van der Waals surface area contributed by atoms with Gasteiger partial charge in [0.15, 0.2) is 0 Å². The fourth-order valence-electron chi connectivity index (χ4n) is 3.50. The van der Waals surface area contributed by atoms with Crippen molar-refractivity contribution < 1.29 is 19.1 Å². The summed E-state index contributed by atoms with van der Waals surface area (Å²) in [4.78, 5) is 30.4. The lowest BCUT2D eigenvalue weighted by atomic mass is 10.1. The molecule has 2 aromatic heterocycles. The highest BCUT2D eigenvalue weighted by atomic mass is 16.5. The maximum absolute atomic E-state index is 13.2. The Balaban J connectivity index is 1.85. The molecule has 6 nitrogen and oxygen atoms in total. The minimum absolute atomic E-state index is 0.224. The number of hydrogen-bond acceptors (Lipinski definition) is 5. The molecule has 0 unspecified atom stereocenters. The predicted octanol–water partition coefficient (Wildman–Crippen LogP) is 4.73. The zero-order valence-electron chi connectivity index (χ0n) is 17.6. The monoisotopic (exact) mass is 414 g/mol. The normalized spacial score (nSPS) is 10.8. The second kappa shape index (κ2) is 8.44. The van der Waals surface area contributed by atoms with Crippen molar-refractivity contribution in [1.29, 1.82) is 0 Å². The van der Waals surface area contributed by atoms with Gasteiger partial charge in [-0.15, -0.1) is 0 Å². The Hall–Kier alpha value is -3.93. The molecular formula is C25H22N2O4. The molecule has 0 saturated heterocycles. The van der Waals surface area contributed by atoms with Gasteiger partial charge in [0.1, 0.15) is 12.1 Å². The average Bonchev–Trinajstić information content (AvgIpc) is 3.18. The number of esters is 1. The number of ether oxygens (including phenoxy) is 2. The molecule has 0 aliphatic heterocycles. The molecule has 31 heavy (non-hydrogen) atoms. The third-order valence-corrected chi connectivity index (χ3v) is 5.06. The van der Waals surface area contributed by atoms with Gasteiger partial charge >= 0.3 is 5.97 Å². The largest absolute Gasteiger partial charge is 0.497 e. The van der Waals surface area contributed by atoms with Crippen LogP contribution in [-0.4, -0.2) is 34.9 Å². The van der Waals surface area contributed by atoms with Gasteiger partial charge in [0.2, 0.25) is 5.78 Å². The molecule has 6 heteroatoms. The zero-order chi connectivity index (χ0) is 22.0. The number of rotatable bonds is 6. The second-order valence-electron chi connectivity index (χ2n) is 7.12. The van der Waals surface area contributed by atoms with E-state index in [4.69, 9.17) is 9.47 Å². The lowest BCUT2D eigenvalue weighted by Gasteiger charge is -2.07. The van der Waals surface area contributed by atoms with Crippen molar-refractivity contribution in [2.75, 3.05) is 13.7 Å². The first-order valence-electron chi connectivity index (χ1n) is 9.96. The van der Waals surface area contributed by atoms with Gasteiger partial charge in [0.25, 0.3) is 0 Å². The molecule has 156 valence electrons. The highest BCUT2D eigenvalue weighted by Crippen LogP contribution is 2.26. The van der Waals surface area contributed by atoms with Crippen LogP contribution in [0.25, 0.3) is 16.8 Å². The molecule has 0 radical (unpaired) electrons. The van der Waals surface area contributed by atoms with E-state index in [1.807, 2.05) is 37.3 Å². The van der Waals surface area contributed by atoms with Gasteiger partial charge in [-0.2, -0.15) is 0 Å². The third kappa shape index (κ3) is 3.92. The van der Waals surface area contributed by atoms with Crippen LogP contribution in [0.15, 0.2) is 67.0 Å².